The summed E-state index contributed by atoms with van der Waals surface area (Å²) in [5, 5.41) is 0. The number of ether oxygens (including phenoxy) is 3. The zero-order valence-electron chi connectivity index (χ0n) is 21.7. The van der Waals surface area contributed by atoms with E-state index in [2.05, 4.69) is 54.0 Å². The lowest BCUT2D eigenvalue weighted by Gasteiger charge is -2.34. The van der Waals surface area contributed by atoms with E-state index in [-0.39, 0.29) is 5.92 Å². The number of amides is 1. The Kier molecular flexibility index (Phi) is 7.97. The van der Waals surface area contributed by atoms with Crippen LogP contribution in [0.25, 0.3) is 0 Å². The molecule has 0 spiro atoms. The lowest BCUT2D eigenvalue weighted by Crippen LogP contribution is -2.44. The molecule has 3 aliphatic rings. The molecule has 0 aromatic heterocycles. The Morgan fingerprint density at radius 2 is 1.56 bits per heavy atom. The molecule has 7 nitrogen and oxygen atoms in total. The minimum atomic E-state index is 0.115. The molecule has 1 atom stereocenters. The number of carbonyl (C=O) groups excluding carboxylic acids is 1. The van der Waals surface area contributed by atoms with E-state index in [9.17, 15) is 4.79 Å². The molecule has 1 saturated heterocycles. The van der Waals surface area contributed by atoms with Crippen molar-refractivity contribution in [1.82, 2.24) is 14.7 Å². The molecule has 0 saturated carbocycles. The highest BCUT2D eigenvalue weighted by molar-refractivity contribution is 5.79. The predicted molar refractivity (Wildman–Crippen MR) is 139 cm³/mol. The molecule has 0 bridgehead atoms. The number of hydrogen-bond acceptors (Lipinski definition) is 6. The second kappa shape index (κ2) is 11.5. The lowest BCUT2D eigenvalue weighted by molar-refractivity contribution is -0.137. The Balaban J connectivity index is 1.23. The van der Waals surface area contributed by atoms with Crippen LogP contribution in [-0.2, 0) is 24.4 Å². The number of nitrogens with zero attached hydrogens (tertiary/aromatic N) is 3. The SMILES string of the molecule is CCN(CC)C(=O)C1CCCN(Cc2ccc3c(c2)CN(Cc2ccc4c(c2)OCCO4)CCO3)C1. The number of carbonyl (C=O) groups is 1. The molecule has 2 aromatic rings. The molecule has 0 aliphatic carbocycles. The molecule has 3 aliphatic heterocycles. The molecular weight excluding hydrogens is 454 g/mol. The molecule has 0 N–H and O–H groups in total. The first kappa shape index (κ1) is 24.9. The number of piperidine rings is 1. The van der Waals surface area contributed by atoms with E-state index in [1.807, 2.05) is 11.0 Å². The van der Waals surface area contributed by atoms with Crippen molar-refractivity contribution >= 4 is 5.91 Å². The van der Waals surface area contributed by atoms with E-state index in [0.717, 1.165) is 82.4 Å². The van der Waals surface area contributed by atoms with Gasteiger partial charge in [-0.3, -0.25) is 14.6 Å². The van der Waals surface area contributed by atoms with Gasteiger partial charge in [-0.2, -0.15) is 0 Å². The largest absolute Gasteiger partial charge is 0.492 e. The van der Waals surface area contributed by atoms with Crippen molar-refractivity contribution in [2.45, 2.75) is 46.3 Å². The number of likely N-dealkylation sites (tertiary alicyclic amines) is 1. The summed E-state index contributed by atoms with van der Waals surface area (Å²) in [7, 11) is 0. The van der Waals surface area contributed by atoms with E-state index in [0.29, 0.717) is 25.7 Å². The number of hydrogen-bond donors (Lipinski definition) is 0. The molecule has 2 aromatic carbocycles. The van der Waals surface area contributed by atoms with Crippen molar-refractivity contribution in [3.05, 3.63) is 53.1 Å². The fraction of sp³-hybridized carbons (Fsp3) is 0.552. The first-order valence-corrected chi connectivity index (χ1v) is 13.5. The molecule has 1 fully saturated rings. The zero-order chi connectivity index (χ0) is 24.9. The van der Waals surface area contributed by atoms with Gasteiger partial charge in [0.05, 0.1) is 5.92 Å². The van der Waals surface area contributed by atoms with Crippen LogP contribution in [0.1, 0.15) is 43.4 Å². The molecule has 0 radical (unpaired) electrons. The fourth-order valence-corrected chi connectivity index (χ4v) is 5.63. The maximum atomic E-state index is 12.9. The van der Waals surface area contributed by atoms with Crippen LogP contribution in [0.4, 0.5) is 0 Å². The third-order valence-electron chi connectivity index (χ3n) is 7.53. The van der Waals surface area contributed by atoms with E-state index >= 15 is 0 Å². The van der Waals surface area contributed by atoms with Gasteiger partial charge in [0.1, 0.15) is 25.6 Å². The van der Waals surface area contributed by atoms with E-state index in [1.54, 1.807) is 0 Å². The molecular formula is C29H39N3O4. The second-order valence-electron chi connectivity index (χ2n) is 10.1. The van der Waals surface area contributed by atoms with E-state index < -0.39 is 0 Å². The Bertz CT molecular complexity index is 1050. The van der Waals surface area contributed by atoms with Crippen LogP contribution in [0.5, 0.6) is 17.2 Å². The maximum absolute atomic E-state index is 12.9. The van der Waals surface area contributed by atoms with Gasteiger partial charge in [-0.15, -0.1) is 0 Å². The van der Waals surface area contributed by atoms with Crippen LogP contribution in [0.2, 0.25) is 0 Å². The van der Waals surface area contributed by atoms with Gasteiger partial charge in [0.2, 0.25) is 5.91 Å². The molecule has 3 heterocycles. The summed E-state index contributed by atoms with van der Waals surface area (Å²) in [6.45, 7) is 12.9. The minimum absolute atomic E-state index is 0.115. The summed E-state index contributed by atoms with van der Waals surface area (Å²) in [4.78, 5) is 19.8. The van der Waals surface area contributed by atoms with Crippen molar-refractivity contribution in [1.29, 1.82) is 0 Å². The van der Waals surface area contributed by atoms with Crippen LogP contribution in [0.15, 0.2) is 36.4 Å². The van der Waals surface area contributed by atoms with Gasteiger partial charge in [0.25, 0.3) is 0 Å². The third-order valence-corrected chi connectivity index (χ3v) is 7.53. The van der Waals surface area contributed by atoms with Crippen molar-refractivity contribution in [2.24, 2.45) is 5.92 Å². The molecule has 5 rings (SSSR count). The standard InChI is InChI=1S/C29H39N3O4/c1-3-32(4-2)29(33)24-6-5-11-30(20-24)18-22-7-9-26-25(16-22)21-31(12-13-34-26)19-23-8-10-27-28(17-23)36-15-14-35-27/h7-10,16-17,24H,3-6,11-15,18-21H2,1-2H3. The van der Waals surface area contributed by atoms with Gasteiger partial charge in [0, 0.05) is 51.4 Å². The summed E-state index contributed by atoms with van der Waals surface area (Å²) in [5.74, 6) is 3.08. The van der Waals surface area contributed by atoms with Gasteiger partial charge < -0.3 is 19.1 Å². The Hall–Kier alpha value is -2.77. The van der Waals surface area contributed by atoms with Crippen molar-refractivity contribution in [2.75, 3.05) is 52.5 Å². The quantitative estimate of drug-likeness (QED) is 0.583. The van der Waals surface area contributed by atoms with Crippen molar-refractivity contribution in [3.8, 4) is 17.2 Å². The van der Waals surface area contributed by atoms with Crippen LogP contribution < -0.4 is 14.2 Å². The van der Waals surface area contributed by atoms with E-state index in [4.69, 9.17) is 14.2 Å². The fourth-order valence-electron chi connectivity index (χ4n) is 5.63. The van der Waals surface area contributed by atoms with Gasteiger partial charge in [0.15, 0.2) is 11.5 Å². The smallest absolute Gasteiger partial charge is 0.226 e. The molecule has 36 heavy (non-hydrogen) atoms. The molecule has 7 heteroatoms. The van der Waals surface area contributed by atoms with Crippen LogP contribution >= 0.6 is 0 Å². The average molecular weight is 494 g/mol. The summed E-state index contributed by atoms with van der Waals surface area (Å²) < 4.78 is 17.5. The van der Waals surface area contributed by atoms with Gasteiger partial charge in [-0.1, -0.05) is 12.1 Å². The Labute approximate surface area is 214 Å². The number of benzene rings is 2. The van der Waals surface area contributed by atoms with Crippen LogP contribution in [0.3, 0.4) is 0 Å². The van der Waals surface area contributed by atoms with Gasteiger partial charge in [-0.25, -0.2) is 0 Å². The summed E-state index contributed by atoms with van der Waals surface area (Å²) >= 11 is 0. The Morgan fingerprint density at radius 1 is 0.861 bits per heavy atom. The monoisotopic (exact) mass is 493 g/mol. The first-order chi connectivity index (χ1) is 17.6. The molecule has 1 amide bonds. The zero-order valence-corrected chi connectivity index (χ0v) is 21.7. The molecule has 1 unspecified atom stereocenters. The van der Waals surface area contributed by atoms with Crippen LogP contribution in [0, 0.1) is 5.92 Å². The average Bonchev–Trinajstić information content (AvgIpc) is 3.10. The third kappa shape index (κ3) is 5.79. The highest BCUT2D eigenvalue weighted by Crippen LogP contribution is 2.32. The number of rotatable bonds is 7. The maximum Gasteiger partial charge on any atom is 0.226 e. The highest BCUT2D eigenvalue weighted by Gasteiger charge is 2.28. The van der Waals surface area contributed by atoms with Crippen molar-refractivity contribution in [3.63, 3.8) is 0 Å². The summed E-state index contributed by atoms with van der Waals surface area (Å²) in [6.07, 6.45) is 2.08. The predicted octanol–water partition coefficient (Wildman–Crippen LogP) is 3.93. The lowest BCUT2D eigenvalue weighted by atomic mass is 9.95. The normalized spacial score (nSPS) is 20.2. The minimum Gasteiger partial charge on any atom is -0.492 e. The van der Waals surface area contributed by atoms with E-state index in [1.165, 1.54) is 16.7 Å². The molecule has 194 valence electrons. The summed E-state index contributed by atoms with van der Waals surface area (Å²) in [5.41, 5.74) is 3.74. The van der Waals surface area contributed by atoms with Crippen molar-refractivity contribution < 1.29 is 19.0 Å². The Morgan fingerprint density at radius 3 is 2.36 bits per heavy atom. The van der Waals surface area contributed by atoms with Crippen LogP contribution in [-0.4, -0.2) is 73.2 Å². The van der Waals surface area contributed by atoms with Gasteiger partial charge in [-0.05, 0) is 68.6 Å². The summed E-state index contributed by atoms with van der Waals surface area (Å²) in [6, 6.07) is 12.9. The highest BCUT2D eigenvalue weighted by atomic mass is 16.6. The topological polar surface area (TPSA) is 54.5 Å². The van der Waals surface area contributed by atoms with Gasteiger partial charge >= 0.3 is 0 Å². The second-order valence-corrected chi connectivity index (χ2v) is 10.1. The number of fused-ring (bicyclic) bond motifs is 2. The first-order valence-electron chi connectivity index (χ1n) is 13.5.